The molecule has 2 atom stereocenters. The van der Waals surface area contributed by atoms with Crippen molar-refractivity contribution in [3.8, 4) is 0 Å². The maximum atomic E-state index is 3.53. The lowest BCUT2D eigenvalue weighted by Gasteiger charge is -2.44. The van der Waals surface area contributed by atoms with Crippen molar-refractivity contribution in [2.45, 2.75) is 11.8 Å². The van der Waals surface area contributed by atoms with Gasteiger partial charge in [-0.3, -0.25) is 0 Å². The molecule has 108 valence electrons. The molecule has 2 N–H and O–H groups in total. The predicted molar refractivity (Wildman–Crippen MR) is 81.9 cm³/mol. The van der Waals surface area contributed by atoms with Crippen LogP contribution in [-0.4, -0.2) is 50.7 Å². The zero-order valence-corrected chi connectivity index (χ0v) is 12.1. The van der Waals surface area contributed by atoms with Crippen molar-refractivity contribution in [2.75, 3.05) is 45.8 Å². The molecule has 3 aliphatic rings. The quantitative estimate of drug-likeness (QED) is 0.858. The molecule has 4 rings (SSSR count). The van der Waals surface area contributed by atoms with Crippen molar-refractivity contribution in [3.63, 3.8) is 0 Å². The van der Waals surface area contributed by atoms with Gasteiger partial charge < -0.3 is 15.5 Å². The van der Waals surface area contributed by atoms with Gasteiger partial charge in [-0.1, -0.05) is 30.3 Å². The van der Waals surface area contributed by atoms with Gasteiger partial charge in [0.1, 0.15) is 0 Å². The number of hydrogen-bond donors (Lipinski definition) is 2. The monoisotopic (exact) mass is 271 g/mol. The van der Waals surface area contributed by atoms with E-state index in [2.05, 4.69) is 45.9 Å². The number of hydrogen-bond acceptors (Lipinski definition) is 3. The van der Waals surface area contributed by atoms with E-state index in [1.165, 1.54) is 44.7 Å². The summed E-state index contributed by atoms with van der Waals surface area (Å²) in [5.41, 5.74) is 1.93. The third kappa shape index (κ3) is 2.18. The highest BCUT2D eigenvalue weighted by Gasteiger charge is 2.40. The molecular formula is C17H25N3. The van der Waals surface area contributed by atoms with Gasteiger partial charge >= 0.3 is 0 Å². The third-order valence-corrected chi connectivity index (χ3v) is 5.68. The lowest BCUT2D eigenvalue weighted by molar-refractivity contribution is 0.208. The van der Waals surface area contributed by atoms with E-state index < -0.39 is 0 Å². The molecule has 0 radical (unpaired) electrons. The average Bonchev–Trinajstić information content (AvgIpc) is 2.99. The van der Waals surface area contributed by atoms with Crippen molar-refractivity contribution in [2.24, 2.45) is 11.8 Å². The van der Waals surface area contributed by atoms with Crippen LogP contribution in [0.25, 0.3) is 0 Å². The van der Waals surface area contributed by atoms with E-state index in [0.717, 1.165) is 24.9 Å². The molecule has 1 aromatic rings. The summed E-state index contributed by atoms with van der Waals surface area (Å²) in [6.45, 7) is 8.69. The van der Waals surface area contributed by atoms with Crippen LogP contribution >= 0.6 is 0 Å². The standard InChI is InChI=1S/C17H25N3/c1-2-4-16(5-3-1)17(12-19-13-17)6-7-20-10-14-8-18-9-15(14)11-20/h1-5,14-15,18-19H,6-13H2. The van der Waals surface area contributed by atoms with Gasteiger partial charge in [-0.25, -0.2) is 0 Å². The second-order valence-electron chi connectivity index (χ2n) is 6.94. The summed E-state index contributed by atoms with van der Waals surface area (Å²) >= 11 is 0. The molecule has 3 aliphatic heterocycles. The summed E-state index contributed by atoms with van der Waals surface area (Å²) in [5.74, 6) is 1.84. The van der Waals surface area contributed by atoms with Crippen LogP contribution in [0.15, 0.2) is 30.3 Å². The Balaban J connectivity index is 1.39. The Morgan fingerprint density at radius 3 is 2.30 bits per heavy atom. The summed E-state index contributed by atoms with van der Waals surface area (Å²) in [6.07, 6.45) is 1.30. The summed E-state index contributed by atoms with van der Waals surface area (Å²) in [7, 11) is 0. The van der Waals surface area contributed by atoms with Gasteiger partial charge in [0.15, 0.2) is 0 Å². The molecule has 3 heterocycles. The fourth-order valence-corrected chi connectivity index (χ4v) is 4.25. The smallest absolute Gasteiger partial charge is 0.0214 e. The van der Waals surface area contributed by atoms with E-state index in [0.29, 0.717) is 5.41 Å². The third-order valence-electron chi connectivity index (χ3n) is 5.68. The molecule has 0 aromatic heterocycles. The van der Waals surface area contributed by atoms with Crippen LogP contribution in [0.4, 0.5) is 0 Å². The fourth-order valence-electron chi connectivity index (χ4n) is 4.25. The van der Waals surface area contributed by atoms with Crippen LogP contribution < -0.4 is 10.6 Å². The maximum absolute atomic E-state index is 3.53. The van der Waals surface area contributed by atoms with Gasteiger partial charge in [0.05, 0.1) is 0 Å². The lowest BCUT2D eigenvalue weighted by Crippen LogP contribution is -2.57. The number of benzene rings is 1. The number of likely N-dealkylation sites (tertiary alicyclic amines) is 1. The Hall–Kier alpha value is -0.900. The molecular weight excluding hydrogens is 246 g/mol. The molecule has 0 aliphatic carbocycles. The average molecular weight is 271 g/mol. The van der Waals surface area contributed by atoms with Crippen molar-refractivity contribution in [1.29, 1.82) is 0 Å². The van der Waals surface area contributed by atoms with E-state index in [1.54, 1.807) is 0 Å². The van der Waals surface area contributed by atoms with Crippen LogP contribution in [0.1, 0.15) is 12.0 Å². The second-order valence-corrected chi connectivity index (χ2v) is 6.94. The highest BCUT2D eigenvalue weighted by molar-refractivity contribution is 5.29. The minimum atomic E-state index is 0.400. The van der Waals surface area contributed by atoms with Crippen LogP contribution in [0, 0.1) is 11.8 Å². The molecule has 20 heavy (non-hydrogen) atoms. The number of fused-ring (bicyclic) bond motifs is 1. The van der Waals surface area contributed by atoms with Gasteiger partial charge in [-0.05, 0) is 43.5 Å². The lowest BCUT2D eigenvalue weighted by atomic mass is 9.72. The van der Waals surface area contributed by atoms with Crippen LogP contribution in [0.2, 0.25) is 0 Å². The molecule has 3 nitrogen and oxygen atoms in total. The van der Waals surface area contributed by atoms with Crippen LogP contribution in [-0.2, 0) is 5.41 Å². The van der Waals surface area contributed by atoms with Gasteiger partial charge in [0.25, 0.3) is 0 Å². The van der Waals surface area contributed by atoms with E-state index in [4.69, 9.17) is 0 Å². The second kappa shape index (κ2) is 5.14. The largest absolute Gasteiger partial charge is 0.316 e. The Morgan fingerprint density at radius 1 is 1.00 bits per heavy atom. The number of nitrogens with zero attached hydrogens (tertiary/aromatic N) is 1. The van der Waals surface area contributed by atoms with Crippen molar-refractivity contribution in [3.05, 3.63) is 35.9 Å². The molecule has 3 fully saturated rings. The summed E-state index contributed by atoms with van der Waals surface area (Å²) in [4.78, 5) is 2.71. The normalized spacial score (nSPS) is 32.0. The van der Waals surface area contributed by atoms with E-state index in [1.807, 2.05) is 0 Å². The first-order chi connectivity index (χ1) is 9.86. The highest BCUT2D eigenvalue weighted by atomic mass is 15.2. The Bertz CT molecular complexity index is 443. The molecule has 0 spiro atoms. The number of nitrogens with one attached hydrogen (secondary N) is 2. The first-order valence-electron chi connectivity index (χ1n) is 8.05. The van der Waals surface area contributed by atoms with E-state index in [9.17, 15) is 0 Å². The maximum Gasteiger partial charge on any atom is 0.0214 e. The molecule has 3 heteroatoms. The van der Waals surface area contributed by atoms with Gasteiger partial charge in [0.2, 0.25) is 0 Å². The van der Waals surface area contributed by atoms with E-state index in [-0.39, 0.29) is 0 Å². The number of rotatable bonds is 4. The van der Waals surface area contributed by atoms with Gasteiger partial charge in [-0.15, -0.1) is 0 Å². The fraction of sp³-hybridized carbons (Fsp3) is 0.647. The van der Waals surface area contributed by atoms with Crippen molar-refractivity contribution >= 4 is 0 Å². The first-order valence-corrected chi connectivity index (χ1v) is 8.05. The molecule has 2 unspecified atom stereocenters. The molecule has 1 aromatic carbocycles. The van der Waals surface area contributed by atoms with Crippen molar-refractivity contribution < 1.29 is 0 Å². The predicted octanol–water partition coefficient (Wildman–Crippen LogP) is 1.07. The molecule has 0 saturated carbocycles. The minimum Gasteiger partial charge on any atom is -0.316 e. The SMILES string of the molecule is c1ccc(C2(CCN3CC4CNCC4C3)CNC2)cc1. The zero-order valence-electron chi connectivity index (χ0n) is 12.1. The van der Waals surface area contributed by atoms with Crippen LogP contribution in [0.3, 0.4) is 0 Å². The Morgan fingerprint density at radius 2 is 1.70 bits per heavy atom. The minimum absolute atomic E-state index is 0.400. The summed E-state index contributed by atoms with van der Waals surface area (Å²) in [5, 5.41) is 7.02. The van der Waals surface area contributed by atoms with Gasteiger partial charge in [-0.2, -0.15) is 0 Å². The van der Waals surface area contributed by atoms with Gasteiger partial charge in [0, 0.05) is 31.6 Å². The van der Waals surface area contributed by atoms with Crippen LogP contribution in [0.5, 0.6) is 0 Å². The Kier molecular flexibility index (Phi) is 3.29. The van der Waals surface area contributed by atoms with Crippen molar-refractivity contribution in [1.82, 2.24) is 15.5 Å². The highest BCUT2D eigenvalue weighted by Crippen LogP contribution is 2.34. The summed E-state index contributed by atoms with van der Waals surface area (Å²) in [6, 6.07) is 11.1. The molecule has 0 bridgehead atoms. The molecule has 0 amide bonds. The van der Waals surface area contributed by atoms with E-state index >= 15 is 0 Å². The summed E-state index contributed by atoms with van der Waals surface area (Å²) < 4.78 is 0. The molecule has 3 saturated heterocycles. The Labute approximate surface area is 121 Å². The zero-order chi connectivity index (χ0) is 13.4. The topological polar surface area (TPSA) is 27.3 Å². The first kappa shape index (κ1) is 12.8.